The largest absolute Gasteiger partial charge is 0.497 e. The zero-order chi connectivity index (χ0) is 18.2. The molecular formula is C18H27N3O4. The van der Waals surface area contributed by atoms with Gasteiger partial charge in [-0.25, -0.2) is 4.79 Å². The molecule has 0 unspecified atom stereocenters. The summed E-state index contributed by atoms with van der Waals surface area (Å²) in [6.45, 7) is 6.74. The Hall–Kier alpha value is -2.44. The first-order valence-corrected chi connectivity index (χ1v) is 8.61. The standard InChI is InChI=1S/C18H27N3O4/c1-14(2)25-17(22)8-9-19-18(23)21-12-10-20(11-13-21)15-4-6-16(24-3)7-5-15/h4-7,14H,8-13H2,1-3H3,(H,19,23). The molecule has 1 aromatic rings. The van der Waals surface area contributed by atoms with Crippen LogP contribution in [0.15, 0.2) is 24.3 Å². The lowest BCUT2D eigenvalue weighted by Crippen LogP contribution is -2.52. The number of hydrogen-bond donors (Lipinski definition) is 1. The van der Waals surface area contributed by atoms with E-state index in [9.17, 15) is 9.59 Å². The van der Waals surface area contributed by atoms with Gasteiger partial charge >= 0.3 is 12.0 Å². The van der Waals surface area contributed by atoms with E-state index in [1.165, 1.54) is 0 Å². The predicted octanol–water partition coefficient (Wildman–Crippen LogP) is 1.87. The molecule has 138 valence electrons. The number of nitrogens with zero attached hydrogens (tertiary/aromatic N) is 2. The topological polar surface area (TPSA) is 71.1 Å². The quantitative estimate of drug-likeness (QED) is 0.794. The zero-order valence-corrected chi connectivity index (χ0v) is 15.2. The molecule has 2 rings (SSSR count). The molecule has 1 aliphatic rings. The monoisotopic (exact) mass is 349 g/mol. The Balaban J connectivity index is 1.71. The van der Waals surface area contributed by atoms with Crippen LogP contribution in [-0.2, 0) is 9.53 Å². The first-order chi connectivity index (χ1) is 12.0. The smallest absolute Gasteiger partial charge is 0.317 e. The second-order valence-electron chi connectivity index (χ2n) is 6.19. The highest BCUT2D eigenvalue weighted by molar-refractivity contribution is 5.76. The first kappa shape index (κ1) is 18.9. The number of urea groups is 1. The Morgan fingerprint density at radius 1 is 1.12 bits per heavy atom. The number of nitrogens with one attached hydrogen (secondary N) is 1. The van der Waals surface area contributed by atoms with Crippen molar-refractivity contribution >= 4 is 17.7 Å². The second kappa shape index (κ2) is 9.15. The Labute approximate surface area is 148 Å². The van der Waals surface area contributed by atoms with Crippen molar-refractivity contribution in [3.63, 3.8) is 0 Å². The average molecular weight is 349 g/mol. The second-order valence-corrected chi connectivity index (χ2v) is 6.19. The number of esters is 1. The maximum atomic E-state index is 12.2. The van der Waals surface area contributed by atoms with Crippen molar-refractivity contribution in [2.45, 2.75) is 26.4 Å². The van der Waals surface area contributed by atoms with Gasteiger partial charge in [-0.2, -0.15) is 0 Å². The van der Waals surface area contributed by atoms with Gasteiger partial charge in [0.15, 0.2) is 0 Å². The Morgan fingerprint density at radius 2 is 1.76 bits per heavy atom. The van der Waals surface area contributed by atoms with E-state index in [-0.39, 0.29) is 24.5 Å². The van der Waals surface area contributed by atoms with Crippen LogP contribution in [-0.4, -0.2) is 62.8 Å². The van der Waals surface area contributed by atoms with Crippen LogP contribution < -0.4 is 15.0 Å². The van der Waals surface area contributed by atoms with Crippen LogP contribution in [0, 0.1) is 0 Å². The van der Waals surface area contributed by atoms with Gasteiger partial charge in [0.25, 0.3) is 0 Å². The van der Waals surface area contributed by atoms with Gasteiger partial charge in [0, 0.05) is 38.4 Å². The number of rotatable bonds is 6. The molecule has 0 bridgehead atoms. The number of amides is 2. The fourth-order valence-corrected chi connectivity index (χ4v) is 2.67. The van der Waals surface area contributed by atoms with Gasteiger partial charge in [-0.05, 0) is 38.1 Å². The molecule has 2 amide bonds. The minimum Gasteiger partial charge on any atom is -0.497 e. The Kier molecular flexibility index (Phi) is 6.91. The Morgan fingerprint density at radius 3 is 2.32 bits per heavy atom. The number of anilines is 1. The lowest BCUT2D eigenvalue weighted by atomic mass is 10.2. The molecule has 0 atom stereocenters. The third kappa shape index (κ3) is 5.85. The van der Waals surface area contributed by atoms with Crippen molar-refractivity contribution < 1.29 is 19.1 Å². The number of piperazine rings is 1. The lowest BCUT2D eigenvalue weighted by Gasteiger charge is -2.36. The van der Waals surface area contributed by atoms with Crippen molar-refractivity contribution in [2.75, 3.05) is 44.7 Å². The number of carbonyl (C=O) groups excluding carboxylic acids is 2. The summed E-state index contributed by atoms with van der Waals surface area (Å²) in [5.41, 5.74) is 1.12. The molecule has 1 saturated heterocycles. The lowest BCUT2D eigenvalue weighted by molar-refractivity contribution is -0.147. The number of methoxy groups -OCH3 is 1. The summed E-state index contributed by atoms with van der Waals surface area (Å²) in [6.07, 6.45) is 0.0599. The summed E-state index contributed by atoms with van der Waals surface area (Å²) in [4.78, 5) is 27.6. The van der Waals surface area contributed by atoms with Gasteiger partial charge in [0.1, 0.15) is 5.75 Å². The van der Waals surface area contributed by atoms with E-state index in [1.807, 2.05) is 24.3 Å². The van der Waals surface area contributed by atoms with Crippen molar-refractivity contribution in [1.82, 2.24) is 10.2 Å². The van der Waals surface area contributed by atoms with Crippen LogP contribution in [0.4, 0.5) is 10.5 Å². The average Bonchev–Trinajstić information content (AvgIpc) is 2.61. The molecule has 0 spiro atoms. The fourth-order valence-electron chi connectivity index (χ4n) is 2.67. The summed E-state index contributed by atoms with van der Waals surface area (Å²) in [5.74, 6) is 0.539. The van der Waals surface area contributed by atoms with E-state index in [0.29, 0.717) is 19.6 Å². The van der Waals surface area contributed by atoms with Gasteiger partial charge in [0.2, 0.25) is 0 Å². The highest BCUT2D eigenvalue weighted by atomic mass is 16.5. The molecule has 1 aliphatic heterocycles. The van der Waals surface area contributed by atoms with Crippen LogP contribution in [0.5, 0.6) is 5.75 Å². The molecule has 7 heteroatoms. The third-order valence-electron chi connectivity index (χ3n) is 3.98. The summed E-state index contributed by atoms with van der Waals surface area (Å²) in [7, 11) is 1.65. The highest BCUT2D eigenvalue weighted by Crippen LogP contribution is 2.20. The van der Waals surface area contributed by atoms with E-state index < -0.39 is 0 Å². The van der Waals surface area contributed by atoms with E-state index in [2.05, 4.69) is 10.2 Å². The van der Waals surface area contributed by atoms with E-state index >= 15 is 0 Å². The molecule has 1 fully saturated rings. The SMILES string of the molecule is COc1ccc(N2CCN(C(=O)NCCC(=O)OC(C)C)CC2)cc1. The van der Waals surface area contributed by atoms with Crippen LogP contribution in [0.1, 0.15) is 20.3 Å². The van der Waals surface area contributed by atoms with Crippen molar-refractivity contribution in [1.29, 1.82) is 0 Å². The van der Waals surface area contributed by atoms with E-state index in [1.54, 1.807) is 25.9 Å². The minimum absolute atomic E-state index is 0.130. The van der Waals surface area contributed by atoms with Gasteiger partial charge in [-0.3, -0.25) is 4.79 Å². The van der Waals surface area contributed by atoms with Gasteiger partial charge in [-0.15, -0.1) is 0 Å². The number of hydrogen-bond acceptors (Lipinski definition) is 5. The minimum atomic E-state index is -0.292. The molecule has 1 N–H and O–H groups in total. The number of carbonyl (C=O) groups is 2. The molecule has 0 aliphatic carbocycles. The third-order valence-corrected chi connectivity index (χ3v) is 3.98. The van der Waals surface area contributed by atoms with Crippen molar-refractivity contribution in [2.24, 2.45) is 0 Å². The molecule has 0 aromatic heterocycles. The number of ether oxygens (including phenoxy) is 2. The van der Waals surface area contributed by atoms with Crippen LogP contribution in [0.3, 0.4) is 0 Å². The Bertz CT molecular complexity index is 566. The van der Waals surface area contributed by atoms with Crippen LogP contribution >= 0.6 is 0 Å². The fraction of sp³-hybridized carbons (Fsp3) is 0.556. The summed E-state index contributed by atoms with van der Waals surface area (Å²) in [5, 5.41) is 2.78. The molecule has 0 radical (unpaired) electrons. The van der Waals surface area contributed by atoms with Crippen LogP contribution in [0.25, 0.3) is 0 Å². The van der Waals surface area contributed by atoms with E-state index in [4.69, 9.17) is 9.47 Å². The van der Waals surface area contributed by atoms with Gasteiger partial charge < -0.3 is 24.6 Å². The van der Waals surface area contributed by atoms with E-state index in [0.717, 1.165) is 24.5 Å². The van der Waals surface area contributed by atoms with Crippen molar-refractivity contribution in [3.8, 4) is 5.75 Å². The predicted molar refractivity (Wildman–Crippen MR) is 96.0 cm³/mol. The summed E-state index contributed by atoms with van der Waals surface area (Å²) >= 11 is 0. The first-order valence-electron chi connectivity index (χ1n) is 8.61. The van der Waals surface area contributed by atoms with Gasteiger partial charge in [0.05, 0.1) is 19.6 Å². The molecule has 1 aromatic carbocycles. The maximum absolute atomic E-state index is 12.2. The molecule has 7 nitrogen and oxygen atoms in total. The summed E-state index contributed by atoms with van der Waals surface area (Å²) < 4.78 is 10.2. The van der Waals surface area contributed by atoms with Crippen LogP contribution in [0.2, 0.25) is 0 Å². The maximum Gasteiger partial charge on any atom is 0.317 e. The highest BCUT2D eigenvalue weighted by Gasteiger charge is 2.21. The summed E-state index contributed by atoms with van der Waals surface area (Å²) in [6, 6.07) is 7.78. The van der Waals surface area contributed by atoms with Crippen molar-refractivity contribution in [3.05, 3.63) is 24.3 Å². The normalized spacial score (nSPS) is 14.4. The molecular weight excluding hydrogens is 322 g/mol. The molecule has 0 saturated carbocycles. The van der Waals surface area contributed by atoms with Gasteiger partial charge in [-0.1, -0.05) is 0 Å². The molecule has 25 heavy (non-hydrogen) atoms. The molecule has 1 heterocycles. The number of benzene rings is 1. The zero-order valence-electron chi connectivity index (χ0n) is 15.2.